The zero-order chi connectivity index (χ0) is 18.8. The highest BCUT2D eigenvalue weighted by Gasteiger charge is 2.41. The van der Waals surface area contributed by atoms with Gasteiger partial charge in [0.2, 0.25) is 5.91 Å². The molecular weight excluding hydrogens is 358 g/mol. The van der Waals surface area contributed by atoms with Crippen molar-refractivity contribution in [2.24, 2.45) is 11.8 Å². The summed E-state index contributed by atoms with van der Waals surface area (Å²) in [7, 11) is 0. The number of carbonyl (C=O) groups excluding carboxylic acids is 1. The zero-order valence-electron chi connectivity index (χ0n) is 16.4. The van der Waals surface area contributed by atoms with Crippen LogP contribution in [0.1, 0.15) is 64.7 Å². The van der Waals surface area contributed by atoms with Crippen molar-refractivity contribution in [3.63, 3.8) is 0 Å². The van der Waals surface area contributed by atoms with E-state index in [1.165, 1.54) is 44.9 Å². The smallest absolute Gasteiger partial charge is 0.226 e. The lowest BCUT2D eigenvalue weighted by molar-refractivity contribution is -0.140. The van der Waals surface area contributed by atoms with E-state index < -0.39 is 0 Å². The number of nitrogens with zero attached hydrogens (tertiary/aromatic N) is 3. The molecule has 0 radical (unpaired) electrons. The lowest BCUT2D eigenvalue weighted by atomic mass is 9.83. The van der Waals surface area contributed by atoms with Gasteiger partial charge in [-0.3, -0.25) is 4.79 Å². The van der Waals surface area contributed by atoms with E-state index in [1.54, 1.807) is 6.20 Å². The van der Waals surface area contributed by atoms with Crippen LogP contribution in [0, 0.1) is 11.8 Å². The van der Waals surface area contributed by atoms with E-state index in [0.29, 0.717) is 23.0 Å². The van der Waals surface area contributed by atoms with Crippen molar-refractivity contribution in [2.75, 3.05) is 18.0 Å². The Hall–Kier alpha value is -1.29. The molecule has 0 atom stereocenters. The van der Waals surface area contributed by atoms with Crippen LogP contribution in [0.25, 0.3) is 0 Å². The molecule has 2 heterocycles. The van der Waals surface area contributed by atoms with Crippen molar-refractivity contribution in [3.8, 4) is 0 Å². The minimum Gasteiger partial charge on any atom is -0.357 e. The number of halogens is 1. The normalized spacial score (nSPS) is 26.8. The summed E-state index contributed by atoms with van der Waals surface area (Å²) in [5.74, 6) is 2.49. The predicted molar refractivity (Wildman–Crippen MR) is 110 cm³/mol. The van der Waals surface area contributed by atoms with E-state index in [9.17, 15) is 4.79 Å². The van der Waals surface area contributed by atoms with Crippen molar-refractivity contribution in [1.82, 2.24) is 9.88 Å². The molecule has 3 aliphatic rings. The average molecular weight is 390 g/mol. The highest BCUT2D eigenvalue weighted by atomic mass is 35.5. The maximum Gasteiger partial charge on any atom is 0.226 e. The number of amides is 1. The fraction of sp³-hybridized carbons (Fsp3) is 0.727. The number of hydrogen-bond acceptors (Lipinski definition) is 3. The Balaban J connectivity index is 1.35. The Morgan fingerprint density at radius 2 is 1.70 bits per heavy atom. The first kappa shape index (κ1) is 19.0. The Morgan fingerprint density at radius 3 is 2.22 bits per heavy atom. The molecule has 1 aliphatic heterocycles. The van der Waals surface area contributed by atoms with Gasteiger partial charge < -0.3 is 9.80 Å². The number of piperidine rings is 1. The third-order valence-corrected chi connectivity index (χ3v) is 7.09. The number of carbonyl (C=O) groups is 1. The molecule has 0 bridgehead atoms. The number of rotatable bonds is 5. The van der Waals surface area contributed by atoms with Crippen molar-refractivity contribution >= 4 is 23.3 Å². The Kier molecular flexibility index (Phi) is 5.91. The summed E-state index contributed by atoms with van der Waals surface area (Å²) < 4.78 is 0. The molecular formula is C22H32ClN3O. The fourth-order valence-corrected chi connectivity index (χ4v) is 5.08. The maximum atomic E-state index is 13.4. The summed E-state index contributed by atoms with van der Waals surface area (Å²) in [6, 6.07) is 4.91. The summed E-state index contributed by atoms with van der Waals surface area (Å²) in [6.07, 6.45) is 12.4. The maximum absolute atomic E-state index is 13.4. The summed E-state index contributed by atoms with van der Waals surface area (Å²) in [5, 5.41) is 0.668. The van der Waals surface area contributed by atoms with Gasteiger partial charge in [-0.05, 0) is 69.4 Å². The van der Waals surface area contributed by atoms with Crippen LogP contribution in [-0.4, -0.2) is 41.0 Å². The van der Waals surface area contributed by atoms with Gasteiger partial charge in [-0.15, -0.1) is 0 Å². The predicted octanol–water partition coefficient (Wildman–Crippen LogP) is 4.91. The van der Waals surface area contributed by atoms with Gasteiger partial charge in [-0.1, -0.05) is 24.9 Å². The molecule has 27 heavy (non-hydrogen) atoms. The highest BCUT2D eigenvalue weighted by Crippen LogP contribution is 2.38. The van der Waals surface area contributed by atoms with Crippen LogP contribution in [0.15, 0.2) is 18.3 Å². The third kappa shape index (κ3) is 4.42. The standard InChI is InChI=1S/C22H32ClN3O/c1-2-16-3-6-19(7-4-16)26(20-8-9-20)22(27)17-11-13-25(14-12-17)21-10-5-18(23)15-24-21/h5,10,15-17,19-20H,2-4,6-9,11-14H2,1H3. The molecule has 1 aromatic heterocycles. The second-order valence-electron chi connectivity index (χ2n) is 8.66. The van der Waals surface area contributed by atoms with Gasteiger partial charge in [0, 0.05) is 37.3 Å². The third-order valence-electron chi connectivity index (χ3n) is 6.86. The summed E-state index contributed by atoms with van der Waals surface area (Å²) >= 11 is 5.95. The molecule has 0 spiro atoms. The Labute approximate surface area is 168 Å². The SMILES string of the molecule is CCC1CCC(N(C(=O)C2CCN(c3ccc(Cl)cn3)CC2)C2CC2)CC1. The van der Waals surface area contributed by atoms with Crippen LogP contribution in [0.3, 0.4) is 0 Å². The minimum absolute atomic E-state index is 0.193. The molecule has 2 saturated carbocycles. The molecule has 1 amide bonds. The number of hydrogen-bond donors (Lipinski definition) is 0. The summed E-state index contributed by atoms with van der Waals surface area (Å²) in [5.41, 5.74) is 0. The van der Waals surface area contributed by atoms with Crippen molar-refractivity contribution in [1.29, 1.82) is 0 Å². The van der Waals surface area contributed by atoms with E-state index in [2.05, 4.69) is 21.7 Å². The van der Waals surface area contributed by atoms with Crippen LogP contribution in [0.4, 0.5) is 5.82 Å². The van der Waals surface area contributed by atoms with Gasteiger partial charge in [0.15, 0.2) is 0 Å². The fourth-order valence-electron chi connectivity index (χ4n) is 4.96. The first-order valence-corrected chi connectivity index (χ1v) is 11.2. The summed E-state index contributed by atoms with van der Waals surface area (Å²) in [4.78, 5) is 22.5. The van der Waals surface area contributed by atoms with E-state index in [0.717, 1.165) is 37.7 Å². The number of pyridine rings is 1. The zero-order valence-corrected chi connectivity index (χ0v) is 17.2. The largest absolute Gasteiger partial charge is 0.357 e. The number of anilines is 1. The van der Waals surface area contributed by atoms with Gasteiger partial charge >= 0.3 is 0 Å². The van der Waals surface area contributed by atoms with Crippen molar-refractivity contribution in [2.45, 2.75) is 76.8 Å². The van der Waals surface area contributed by atoms with Gasteiger partial charge in [0.1, 0.15) is 5.82 Å². The van der Waals surface area contributed by atoms with Gasteiger partial charge in [0.05, 0.1) is 5.02 Å². The second-order valence-corrected chi connectivity index (χ2v) is 9.09. The number of aromatic nitrogens is 1. The van der Waals surface area contributed by atoms with Crippen LogP contribution in [0.5, 0.6) is 0 Å². The van der Waals surface area contributed by atoms with Gasteiger partial charge in [-0.2, -0.15) is 0 Å². The van der Waals surface area contributed by atoms with Crippen LogP contribution in [0.2, 0.25) is 5.02 Å². The second kappa shape index (κ2) is 8.38. The van der Waals surface area contributed by atoms with E-state index >= 15 is 0 Å². The molecule has 4 rings (SSSR count). The highest BCUT2D eigenvalue weighted by molar-refractivity contribution is 6.30. The minimum atomic E-state index is 0.193. The van der Waals surface area contributed by atoms with E-state index in [-0.39, 0.29) is 5.92 Å². The monoisotopic (exact) mass is 389 g/mol. The average Bonchev–Trinajstić information content (AvgIpc) is 3.54. The molecule has 5 heteroatoms. The summed E-state index contributed by atoms with van der Waals surface area (Å²) in [6.45, 7) is 4.12. The molecule has 1 saturated heterocycles. The Bertz CT molecular complexity index is 629. The molecule has 3 fully saturated rings. The topological polar surface area (TPSA) is 36.4 Å². The molecule has 0 aromatic carbocycles. The first-order valence-electron chi connectivity index (χ1n) is 10.8. The molecule has 4 nitrogen and oxygen atoms in total. The van der Waals surface area contributed by atoms with Crippen LogP contribution >= 0.6 is 11.6 Å². The molecule has 0 N–H and O–H groups in total. The van der Waals surface area contributed by atoms with Crippen LogP contribution < -0.4 is 4.90 Å². The van der Waals surface area contributed by atoms with Crippen molar-refractivity contribution < 1.29 is 4.79 Å². The lowest BCUT2D eigenvalue weighted by Gasteiger charge is -2.40. The lowest BCUT2D eigenvalue weighted by Crippen LogP contribution is -2.49. The molecule has 148 valence electrons. The van der Waals surface area contributed by atoms with Crippen LogP contribution in [-0.2, 0) is 4.79 Å². The van der Waals surface area contributed by atoms with E-state index in [4.69, 9.17) is 11.6 Å². The van der Waals surface area contributed by atoms with E-state index in [1.807, 2.05) is 12.1 Å². The van der Waals surface area contributed by atoms with Gasteiger partial charge in [-0.25, -0.2) is 4.98 Å². The first-order chi connectivity index (χ1) is 13.2. The molecule has 2 aliphatic carbocycles. The molecule has 1 aromatic rings. The quantitative estimate of drug-likeness (QED) is 0.717. The van der Waals surface area contributed by atoms with Crippen molar-refractivity contribution in [3.05, 3.63) is 23.4 Å². The Morgan fingerprint density at radius 1 is 1.07 bits per heavy atom. The molecule has 0 unspecified atom stereocenters. The van der Waals surface area contributed by atoms with Gasteiger partial charge in [0.25, 0.3) is 0 Å².